The first-order valence-electron chi connectivity index (χ1n) is 4.53. The van der Waals surface area contributed by atoms with E-state index in [9.17, 15) is 14.5 Å². The second-order valence-electron chi connectivity index (χ2n) is 2.09. The maximum absolute atomic E-state index is 13.2. The second kappa shape index (κ2) is 3.69. The number of hydrogen-bond donors (Lipinski definition) is 0. The summed E-state index contributed by atoms with van der Waals surface area (Å²) >= 11 is 2.88. The third-order valence-corrected chi connectivity index (χ3v) is 1.74. The zero-order valence-corrected chi connectivity index (χ0v) is 7.67. The molecule has 0 aromatic heterocycles. The number of methoxy groups -OCH3 is 1. The minimum atomic E-state index is -2.88. The molecule has 0 atom stereocenters. The van der Waals surface area contributed by atoms with Gasteiger partial charge in [-0.15, -0.1) is 0 Å². The lowest BCUT2D eigenvalue weighted by Gasteiger charge is -2.02. The molecule has 1 aromatic rings. The van der Waals surface area contributed by atoms with Crippen LogP contribution in [0.3, 0.4) is 0 Å². The highest BCUT2D eigenvalue weighted by molar-refractivity contribution is 9.10. The molecule has 0 heterocycles. The molecule has 4 nitrogen and oxygen atoms in total. The summed E-state index contributed by atoms with van der Waals surface area (Å²) in [5.74, 6) is -1.81. The van der Waals surface area contributed by atoms with Crippen LogP contribution in [0.25, 0.3) is 0 Å². The van der Waals surface area contributed by atoms with E-state index < -0.39 is 29.2 Å². The number of nitrogens with zero attached hydrogens (tertiary/aromatic N) is 1. The normalized spacial score (nSPS) is 14.2. The Morgan fingerprint density at radius 3 is 3.00 bits per heavy atom. The number of nitro groups is 1. The Labute approximate surface area is 85.8 Å². The Balaban J connectivity index is 3.30. The van der Waals surface area contributed by atoms with Crippen molar-refractivity contribution in [2.24, 2.45) is 0 Å². The van der Waals surface area contributed by atoms with Gasteiger partial charge in [0.25, 0.3) is 0 Å². The summed E-state index contributed by atoms with van der Waals surface area (Å²) in [6.45, 7) is 0. The van der Waals surface area contributed by atoms with E-state index in [1.165, 1.54) is 0 Å². The van der Waals surface area contributed by atoms with Gasteiger partial charge in [0.15, 0.2) is 0 Å². The topological polar surface area (TPSA) is 52.4 Å². The highest BCUT2D eigenvalue weighted by atomic mass is 79.9. The molecule has 70 valence electrons. The van der Waals surface area contributed by atoms with Gasteiger partial charge in [-0.1, -0.05) is 15.9 Å². The van der Waals surface area contributed by atoms with E-state index >= 15 is 0 Å². The van der Waals surface area contributed by atoms with Crippen molar-refractivity contribution in [2.75, 3.05) is 7.04 Å². The summed E-state index contributed by atoms with van der Waals surface area (Å²) in [6.07, 6.45) is 0. The summed E-state index contributed by atoms with van der Waals surface area (Å²) in [6, 6.07) is 1.87. The van der Waals surface area contributed by atoms with Crippen molar-refractivity contribution in [2.45, 2.75) is 0 Å². The van der Waals surface area contributed by atoms with Crippen LogP contribution in [0.4, 0.5) is 10.1 Å². The summed E-state index contributed by atoms with van der Waals surface area (Å²) < 4.78 is 38.1. The van der Waals surface area contributed by atoms with Gasteiger partial charge in [-0.25, -0.2) is 0 Å². The van der Waals surface area contributed by atoms with Crippen LogP contribution < -0.4 is 4.74 Å². The SMILES string of the molecule is [2H]C([2H])([2H])Oc1cc(Br)cc(F)c1[N+](=O)[O-]. The highest BCUT2D eigenvalue weighted by Crippen LogP contribution is 2.32. The lowest BCUT2D eigenvalue weighted by molar-refractivity contribution is -0.388. The fourth-order valence-electron chi connectivity index (χ4n) is 0.797. The van der Waals surface area contributed by atoms with Gasteiger partial charge in [0.05, 0.1) is 16.1 Å². The summed E-state index contributed by atoms with van der Waals surface area (Å²) in [5, 5.41) is 10.5. The molecular weight excluding hydrogens is 245 g/mol. The summed E-state index contributed by atoms with van der Waals surface area (Å²) in [7, 11) is -2.88. The van der Waals surface area contributed by atoms with Crippen LogP contribution in [0.5, 0.6) is 5.75 Å². The monoisotopic (exact) mass is 252 g/mol. The maximum Gasteiger partial charge on any atom is 0.346 e. The van der Waals surface area contributed by atoms with E-state index in [2.05, 4.69) is 20.7 Å². The van der Waals surface area contributed by atoms with Gasteiger partial charge in [-0.05, 0) is 6.07 Å². The van der Waals surface area contributed by atoms with E-state index in [1.807, 2.05) is 0 Å². The van der Waals surface area contributed by atoms with Gasteiger partial charge in [0, 0.05) is 10.5 Å². The van der Waals surface area contributed by atoms with E-state index in [1.54, 1.807) is 0 Å². The molecule has 0 saturated heterocycles. The first kappa shape index (κ1) is 6.31. The van der Waals surface area contributed by atoms with E-state index in [4.69, 9.17) is 4.11 Å². The van der Waals surface area contributed by atoms with Crippen molar-refractivity contribution < 1.29 is 18.2 Å². The summed E-state index contributed by atoms with van der Waals surface area (Å²) in [5.41, 5.74) is -1.00. The Morgan fingerprint density at radius 1 is 1.77 bits per heavy atom. The Morgan fingerprint density at radius 2 is 2.46 bits per heavy atom. The largest absolute Gasteiger partial charge is 0.490 e. The fraction of sp³-hybridized carbons (Fsp3) is 0.143. The molecule has 6 heteroatoms. The second-order valence-corrected chi connectivity index (χ2v) is 3.01. The quantitative estimate of drug-likeness (QED) is 0.601. The first-order chi connectivity index (χ1) is 7.20. The van der Waals surface area contributed by atoms with Crippen molar-refractivity contribution in [1.82, 2.24) is 0 Å². The van der Waals surface area contributed by atoms with Gasteiger partial charge >= 0.3 is 5.69 Å². The molecule has 0 bridgehead atoms. The molecule has 1 rings (SSSR count). The molecule has 0 saturated carbocycles. The minimum Gasteiger partial charge on any atom is -0.490 e. The molecule has 1 aromatic carbocycles. The summed E-state index contributed by atoms with van der Waals surface area (Å²) in [4.78, 5) is 9.49. The number of hydrogen-bond acceptors (Lipinski definition) is 3. The van der Waals surface area contributed by atoms with Crippen molar-refractivity contribution >= 4 is 21.6 Å². The average Bonchev–Trinajstić information content (AvgIpc) is 1.96. The molecule has 0 aliphatic heterocycles. The average molecular weight is 253 g/mol. The smallest absolute Gasteiger partial charge is 0.346 e. The molecule has 0 aliphatic rings. The molecule has 13 heavy (non-hydrogen) atoms. The number of benzene rings is 1. The van der Waals surface area contributed by atoms with Crippen molar-refractivity contribution in [3.8, 4) is 5.75 Å². The predicted molar refractivity (Wildman–Crippen MR) is 47.3 cm³/mol. The molecule has 0 aliphatic carbocycles. The van der Waals surface area contributed by atoms with Crippen LogP contribution in [0.1, 0.15) is 4.11 Å². The lowest BCUT2D eigenvalue weighted by Crippen LogP contribution is -1.96. The fourth-order valence-corrected chi connectivity index (χ4v) is 1.21. The first-order valence-corrected chi connectivity index (χ1v) is 3.82. The Hall–Kier alpha value is -1.17. The van der Waals surface area contributed by atoms with E-state index in [0.717, 1.165) is 12.1 Å². The third kappa shape index (κ3) is 1.95. The van der Waals surface area contributed by atoms with Gasteiger partial charge < -0.3 is 4.74 Å². The predicted octanol–water partition coefficient (Wildman–Crippen LogP) is 2.51. The standard InChI is InChI=1S/C7H5BrFNO3/c1-13-6-3-4(8)2-5(9)7(6)10(11)12/h2-3H,1H3/i1D3. The van der Waals surface area contributed by atoms with Crippen LogP contribution in [-0.2, 0) is 0 Å². The molecule has 0 amide bonds. The van der Waals surface area contributed by atoms with Gasteiger partial charge in [0.1, 0.15) is 0 Å². The van der Waals surface area contributed by atoms with Crippen LogP contribution in [0.2, 0.25) is 0 Å². The number of halogens is 2. The van der Waals surface area contributed by atoms with Crippen LogP contribution in [0.15, 0.2) is 16.6 Å². The third-order valence-electron chi connectivity index (χ3n) is 1.29. The van der Waals surface area contributed by atoms with Crippen molar-refractivity contribution in [3.63, 3.8) is 0 Å². The number of rotatable bonds is 2. The Kier molecular flexibility index (Phi) is 1.79. The minimum absolute atomic E-state index is 0.148. The van der Waals surface area contributed by atoms with Crippen LogP contribution in [0, 0.1) is 15.9 Å². The van der Waals surface area contributed by atoms with Crippen molar-refractivity contribution in [1.29, 1.82) is 0 Å². The maximum atomic E-state index is 13.2. The zero-order valence-electron chi connectivity index (χ0n) is 9.08. The van der Waals surface area contributed by atoms with E-state index in [-0.39, 0.29) is 4.47 Å². The van der Waals surface area contributed by atoms with Crippen LogP contribution >= 0.6 is 15.9 Å². The van der Waals surface area contributed by atoms with Crippen LogP contribution in [-0.4, -0.2) is 12.0 Å². The molecule has 0 spiro atoms. The molecule has 0 unspecified atom stereocenters. The van der Waals surface area contributed by atoms with Gasteiger partial charge in [0.2, 0.25) is 11.6 Å². The molecular formula is C7H5BrFNO3. The lowest BCUT2D eigenvalue weighted by atomic mass is 10.3. The highest BCUT2D eigenvalue weighted by Gasteiger charge is 2.21. The Bertz CT molecular complexity index is 438. The van der Waals surface area contributed by atoms with Gasteiger partial charge in [-0.2, -0.15) is 4.39 Å². The number of nitro benzene ring substituents is 1. The number of ether oxygens (including phenoxy) is 1. The zero-order chi connectivity index (χ0) is 12.5. The molecule has 0 radical (unpaired) electrons. The van der Waals surface area contributed by atoms with Crippen molar-refractivity contribution in [3.05, 3.63) is 32.5 Å². The molecule has 0 fully saturated rings. The van der Waals surface area contributed by atoms with Gasteiger partial charge in [-0.3, -0.25) is 10.1 Å². The van der Waals surface area contributed by atoms with E-state index in [0.29, 0.717) is 0 Å². The molecule has 0 N–H and O–H groups in total.